The largest absolute Gasteiger partial charge is 0.252 e. The molecule has 0 atom stereocenters. The molecule has 1 aromatic heterocycles. The fourth-order valence-corrected chi connectivity index (χ4v) is 3.66. The summed E-state index contributed by atoms with van der Waals surface area (Å²) in [4.78, 5) is 5.07. The molecule has 0 amide bonds. The summed E-state index contributed by atoms with van der Waals surface area (Å²) < 4.78 is 13.5. The predicted molar refractivity (Wildman–Crippen MR) is 107 cm³/mol. The Morgan fingerprint density at radius 3 is 2.35 bits per heavy atom. The Balaban J connectivity index is 1.96. The Kier molecular flexibility index (Phi) is 4.30. The van der Waals surface area contributed by atoms with E-state index in [4.69, 9.17) is 4.98 Å². The molecule has 3 aromatic rings. The Hall–Kier alpha value is -2.22. The van der Waals surface area contributed by atoms with Crippen LogP contribution in [0.5, 0.6) is 0 Å². The molecule has 0 spiro atoms. The number of halogens is 1. The van der Waals surface area contributed by atoms with E-state index in [2.05, 4.69) is 45.0 Å². The lowest BCUT2D eigenvalue weighted by Crippen LogP contribution is -2.09. The van der Waals surface area contributed by atoms with Gasteiger partial charge in [-0.25, -0.2) is 4.39 Å². The topological polar surface area (TPSA) is 12.9 Å². The average Bonchev–Trinajstić information content (AvgIpc) is 3.44. The van der Waals surface area contributed by atoms with Gasteiger partial charge in [-0.2, -0.15) is 0 Å². The van der Waals surface area contributed by atoms with Crippen molar-refractivity contribution in [2.45, 2.75) is 52.4 Å². The number of hydrogen-bond acceptors (Lipinski definition) is 1. The van der Waals surface area contributed by atoms with E-state index in [1.807, 2.05) is 12.1 Å². The monoisotopic (exact) mass is 347 g/mol. The van der Waals surface area contributed by atoms with Gasteiger partial charge in [0, 0.05) is 17.0 Å². The summed E-state index contributed by atoms with van der Waals surface area (Å²) in [6.45, 7) is 6.86. The summed E-state index contributed by atoms with van der Waals surface area (Å²) in [5.74, 6) is 0.402. The molecule has 1 heterocycles. The number of para-hydroxylation sites is 1. The van der Waals surface area contributed by atoms with Crippen molar-refractivity contribution in [3.8, 4) is 11.1 Å². The molecule has 1 fully saturated rings. The molecule has 1 aliphatic carbocycles. The maximum absolute atomic E-state index is 13.5. The van der Waals surface area contributed by atoms with E-state index in [9.17, 15) is 4.39 Å². The molecule has 1 nitrogen and oxygen atoms in total. The van der Waals surface area contributed by atoms with Crippen molar-refractivity contribution in [2.75, 3.05) is 0 Å². The van der Waals surface area contributed by atoms with Crippen molar-refractivity contribution in [3.05, 3.63) is 65.6 Å². The number of hydrogen-bond donors (Lipinski definition) is 0. The second-order valence-corrected chi connectivity index (χ2v) is 8.71. The van der Waals surface area contributed by atoms with Gasteiger partial charge in [-0.3, -0.25) is 4.98 Å². The number of aromatic nitrogens is 1. The highest BCUT2D eigenvalue weighted by molar-refractivity contribution is 5.96. The lowest BCUT2D eigenvalue weighted by atomic mass is 9.84. The van der Waals surface area contributed by atoms with Crippen LogP contribution in [0.15, 0.2) is 48.5 Å². The van der Waals surface area contributed by atoms with Gasteiger partial charge in [-0.05, 0) is 66.0 Å². The van der Waals surface area contributed by atoms with Gasteiger partial charge in [-0.15, -0.1) is 0 Å². The zero-order valence-corrected chi connectivity index (χ0v) is 15.8. The molecule has 26 heavy (non-hydrogen) atoms. The van der Waals surface area contributed by atoms with Gasteiger partial charge in [-0.1, -0.05) is 51.1 Å². The molecule has 0 unspecified atom stereocenters. The predicted octanol–water partition coefficient (Wildman–Crippen LogP) is 6.90. The van der Waals surface area contributed by atoms with Crippen LogP contribution < -0.4 is 0 Å². The minimum atomic E-state index is -0.189. The van der Waals surface area contributed by atoms with Gasteiger partial charge in [0.1, 0.15) is 5.82 Å². The molecule has 4 rings (SSSR count). The maximum Gasteiger partial charge on any atom is 0.123 e. The molecule has 2 aromatic carbocycles. The zero-order chi connectivity index (χ0) is 18.3. The number of benzene rings is 2. The van der Waals surface area contributed by atoms with E-state index in [1.165, 1.54) is 35.0 Å². The summed E-state index contributed by atoms with van der Waals surface area (Å²) in [5, 5.41) is 1.17. The fourth-order valence-electron chi connectivity index (χ4n) is 3.66. The van der Waals surface area contributed by atoms with Crippen LogP contribution in [-0.2, 0) is 6.42 Å². The van der Waals surface area contributed by atoms with E-state index in [-0.39, 0.29) is 11.2 Å². The van der Waals surface area contributed by atoms with Gasteiger partial charge in [0.25, 0.3) is 0 Å². The second kappa shape index (κ2) is 6.50. The van der Waals surface area contributed by atoms with E-state index in [0.717, 1.165) is 23.9 Å². The van der Waals surface area contributed by atoms with Crippen molar-refractivity contribution in [1.82, 2.24) is 4.98 Å². The van der Waals surface area contributed by atoms with Crippen molar-refractivity contribution in [1.29, 1.82) is 0 Å². The second-order valence-electron chi connectivity index (χ2n) is 8.71. The molecule has 2 heteroatoms. The number of rotatable bonds is 4. The summed E-state index contributed by atoms with van der Waals surface area (Å²) in [5.41, 5.74) is 6.30. The van der Waals surface area contributed by atoms with Crippen LogP contribution in [0.25, 0.3) is 22.0 Å². The Bertz CT molecular complexity index is 931. The van der Waals surface area contributed by atoms with Gasteiger partial charge in [0.15, 0.2) is 0 Å². The highest BCUT2D eigenvalue weighted by atomic mass is 19.1. The summed E-state index contributed by atoms with van der Waals surface area (Å²) in [6.07, 6.45) is 4.59. The smallest absolute Gasteiger partial charge is 0.123 e. The molecular formula is C24H26FN. The van der Waals surface area contributed by atoms with E-state index in [1.54, 1.807) is 12.1 Å². The summed E-state index contributed by atoms with van der Waals surface area (Å²) in [7, 11) is 0. The maximum atomic E-state index is 13.5. The van der Waals surface area contributed by atoms with Gasteiger partial charge in [0.05, 0.1) is 5.52 Å². The first-order chi connectivity index (χ1) is 12.4. The first kappa shape index (κ1) is 17.2. The van der Waals surface area contributed by atoms with Crippen LogP contribution >= 0.6 is 0 Å². The lowest BCUT2D eigenvalue weighted by Gasteiger charge is -2.22. The fraction of sp³-hybridized carbons (Fsp3) is 0.375. The molecule has 0 bridgehead atoms. The molecule has 0 radical (unpaired) electrons. The summed E-state index contributed by atoms with van der Waals surface area (Å²) in [6, 6.07) is 15.3. The SMILES string of the molecule is CC(C)(C)CCc1c(C2CC2)nc2ccccc2c1-c1ccc(F)cc1. The number of pyridine rings is 1. The third-order valence-corrected chi connectivity index (χ3v) is 5.25. The third-order valence-electron chi connectivity index (χ3n) is 5.25. The highest BCUT2D eigenvalue weighted by Gasteiger charge is 2.30. The minimum Gasteiger partial charge on any atom is -0.252 e. The standard InChI is InChI=1S/C24H26FN/c1-24(2,3)15-14-20-22(16-10-12-18(25)13-11-16)19-6-4-5-7-21(19)26-23(20)17-8-9-17/h4-7,10-13,17H,8-9,14-15H2,1-3H3. The molecule has 134 valence electrons. The normalized spacial score (nSPS) is 14.8. The molecule has 1 aliphatic rings. The molecule has 1 saturated carbocycles. The van der Waals surface area contributed by atoms with E-state index in [0.29, 0.717) is 5.92 Å². The first-order valence-corrected chi connectivity index (χ1v) is 9.60. The van der Waals surface area contributed by atoms with Crippen molar-refractivity contribution in [3.63, 3.8) is 0 Å². The van der Waals surface area contributed by atoms with Crippen LogP contribution in [0.2, 0.25) is 0 Å². The Morgan fingerprint density at radius 2 is 1.69 bits per heavy atom. The van der Waals surface area contributed by atoms with Crippen LogP contribution in [0.1, 0.15) is 57.2 Å². The highest BCUT2D eigenvalue weighted by Crippen LogP contribution is 2.45. The minimum absolute atomic E-state index is 0.189. The quantitative estimate of drug-likeness (QED) is 0.500. The van der Waals surface area contributed by atoms with Crippen molar-refractivity contribution < 1.29 is 4.39 Å². The Labute approximate surface area is 155 Å². The van der Waals surface area contributed by atoms with Crippen molar-refractivity contribution in [2.24, 2.45) is 5.41 Å². The molecule has 0 N–H and O–H groups in total. The van der Waals surface area contributed by atoms with Gasteiger partial charge >= 0.3 is 0 Å². The molecule has 0 aliphatic heterocycles. The molecular weight excluding hydrogens is 321 g/mol. The Morgan fingerprint density at radius 1 is 1.00 bits per heavy atom. The van der Waals surface area contributed by atoms with E-state index >= 15 is 0 Å². The van der Waals surface area contributed by atoms with Crippen LogP contribution in [0, 0.1) is 11.2 Å². The van der Waals surface area contributed by atoms with Gasteiger partial charge in [0.2, 0.25) is 0 Å². The van der Waals surface area contributed by atoms with Crippen molar-refractivity contribution >= 4 is 10.9 Å². The molecule has 0 saturated heterocycles. The summed E-state index contributed by atoms with van der Waals surface area (Å²) >= 11 is 0. The number of fused-ring (bicyclic) bond motifs is 1. The van der Waals surface area contributed by atoms with Crippen LogP contribution in [-0.4, -0.2) is 4.98 Å². The average molecular weight is 347 g/mol. The first-order valence-electron chi connectivity index (χ1n) is 9.60. The third kappa shape index (κ3) is 3.51. The number of nitrogens with zero attached hydrogens (tertiary/aromatic N) is 1. The van der Waals surface area contributed by atoms with Crippen LogP contribution in [0.3, 0.4) is 0 Å². The van der Waals surface area contributed by atoms with E-state index < -0.39 is 0 Å². The van der Waals surface area contributed by atoms with Crippen LogP contribution in [0.4, 0.5) is 4.39 Å². The zero-order valence-electron chi connectivity index (χ0n) is 15.8. The van der Waals surface area contributed by atoms with Gasteiger partial charge < -0.3 is 0 Å². The lowest BCUT2D eigenvalue weighted by molar-refractivity contribution is 0.378.